The number of ether oxygens (including phenoxy) is 1. The topological polar surface area (TPSA) is 41.6 Å². The standard InChI is InChI=1S/C17H24N2O2/c1-3-14-11-21-12(2)10-19(14)17(20)16-15-7-5-4-6-13(15)8-9-18-16/h4-7,12,14,16,18H,3,8-11H2,1-2H3. The molecule has 1 saturated heterocycles. The molecule has 1 aromatic rings. The van der Waals surface area contributed by atoms with Gasteiger partial charge in [-0.2, -0.15) is 0 Å². The molecular weight excluding hydrogens is 264 g/mol. The molecule has 1 fully saturated rings. The van der Waals surface area contributed by atoms with Crippen molar-refractivity contribution in [3.63, 3.8) is 0 Å². The van der Waals surface area contributed by atoms with E-state index in [4.69, 9.17) is 4.74 Å². The maximum absolute atomic E-state index is 13.0. The maximum atomic E-state index is 13.0. The third-order valence-corrected chi connectivity index (χ3v) is 4.58. The molecule has 1 amide bonds. The number of amides is 1. The Labute approximate surface area is 126 Å². The molecule has 0 aliphatic carbocycles. The van der Waals surface area contributed by atoms with Crippen molar-refractivity contribution in [2.75, 3.05) is 19.7 Å². The van der Waals surface area contributed by atoms with Crippen molar-refractivity contribution in [2.24, 2.45) is 0 Å². The number of fused-ring (bicyclic) bond motifs is 1. The van der Waals surface area contributed by atoms with Gasteiger partial charge in [-0.1, -0.05) is 31.2 Å². The fourth-order valence-corrected chi connectivity index (χ4v) is 3.34. The zero-order valence-electron chi connectivity index (χ0n) is 12.8. The molecule has 114 valence electrons. The Hall–Kier alpha value is -1.39. The van der Waals surface area contributed by atoms with Crippen molar-refractivity contribution < 1.29 is 9.53 Å². The predicted octanol–water partition coefficient (Wildman–Crippen LogP) is 1.90. The van der Waals surface area contributed by atoms with Crippen LogP contribution in [-0.4, -0.2) is 42.6 Å². The fourth-order valence-electron chi connectivity index (χ4n) is 3.34. The molecule has 3 unspecified atom stereocenters. The van der Waals surface area contributed by atoms with E-state index >= 15 is 0 Å². The van der Waals surface area contributed by atoms with Crippen LogP contribution >= 0.6 is 0 Å². The highest BCUT2D eigenvalue weighted by atomic mass is 16.5. The fraction of sp³-hybridized carbons (Fsp3) is 0.588. The van der Waals surface area contributed by atoms with Gasteiger partial charge in [-0.25, -0.2) is 0 Å². The zero-order chi connectivity index (χ0) is 14.8. The Balaban J connectivity index is 1.85. The third-order valence-electron chi connectivity index (χ3n) is 4.58. The van der Waals surface area contributed by atoms with Crippen molar-refractivity contribution >= 4 is 5.91 Å². The van der Waals surface area contributed by atoms with Gasteiger partial charge in [-0.05, 0) is 30.9 Å². The van der Waals surface area contributed by atoms with Crippen LogP contribution in [0.1, 0.15) is 37.4 Å². The van der Waals surface area contributed by atoms with E-state index in [1.165, 1.54) is 5.56 Å². The van der Waals surface area contributed by atoms with Gasteiger partial charge in [0.2, 0.25) is 5.91 Å². The second-order valence-corrected chi connectivity index (χ2v) is 6.03. The van der Waals surface area contributed by atoms with E-state index in [-0.39, 0.29) is 24.1 Å². The summed E-state index contributed by atoms with van der Waals surface area (Å²) < 4.78 is 5.70. The second kappa shape index (κ2) is 6.16. The van der Waals surface area contributed by atoms with Crippen LogP contribution in [0.15, 0.2) is 24.3 Å². The minimum atomic E-state index is -0.200. The molecule has 2 aliphatic rings. The van der Waals surface area contributed by atoms with Crippen LogP contribution in [-0.2, 0) is 16.0 Å². The molecule has 2 heterocycles. The van der Waals surface area contributed by atoms with Gasteiger partial charge in [-0.15, -0.1) is 0 Å². The lowest BCUT2D eigenvalue weighted by Gasteiger charge is -2.41. The molecule has 3 atom stereocenters. The van der Waals surface area contributed by atoms with E-state index in [2.05, 4.69) is 30.4 Å². The molecule has 2 aliphatic heterocycles. The molecule has 0 bridgehead atoms. The first kappa shape index (κ1) is 14.5. The largest absolute Gasteiger partial charge is 0.375 e. The summed E-state index contributed by atoms with van der Waals surface area (Å²) in [6.07, 6.45) is 2.05. The summed E-state index contributed by atoms with van der Waals surface area (Å²) in [6.45, 7) is 6.36. The van der Waals surface area contributed by atoms with E-state index < -0.39 is 0 Å². The predicted molar refractivity (Wildman–Crippen MR) is 82.1 cm³/mol. The van der Waals surface area contributed by atoms with Gasteiger partial charge in [0, 0.05) is 13.1 Å². The van der Waals surface area contributed by atoms with E-state index in [0.29, 0.717) is 13.2 Å². The quantitative estimate of drug-likeness (QED) is 0.904. The number of nitrogens with zero attached hydrogens (tertiary/aromatic N) is 1. The number of rotatable bonds is 2. The summed E-state index contributed by atoms with van der Waals surface area (Å²) in [6, 6.07) is 8.28. The van der Waals surface area contributed by atoms with Gasteiger partial charge in [-0.3, -0.25) is 4.79 Å². The Morgan fingerprint density at radius 1 is 1.43 bits per heavy atom. The highest BCUT2D eigenvalue weighted by molar-refractivity contribution is 5.84. The Morgan fingerprint density at radius 2 is 2.24 bits per heavy atom. The monoisotopic (exact) mass is 288 g/mol. The third kappa shape index (κ3) is 2.83. The van der Waals surface area contributed by atoms with E-state index in [1.807, 2.05) is 17.9 Å². The van der Waals surface area contributed by atoms with Gasteiger partial charge in [0.1, 0.15) is 6.04 Å². The summed E-state index contributed by atoms with van der Waals surface area (Å²) >= 11 is 0. The van der Waals surface area contributed by atoms with E-state index in [1.54, 1.807) is 0 Å². The van der Waals surface area contributed by atoms with Gasteiger partial charge in [0.25, 0.3) is 0 Å². The van der Waals surface area contributed by atoms with Gasteiger partial charge in [0.05, 0.1) is 18.8 Å². The number of morpholine rings is 1. The molecular formula is C17H24N2O2. The second-order valence-electron chi connectivity index (χ2n) is 6.03. The molecule has 1 aromatic carbocycles. The van der Waals surface area contributed by atoms with E-state index in [0.717, 1.165) is 24.9 Å². The minimum Gasteiger partial charge on any atom is -0.375 e. The molecule has 21 heavy (non-hydrogen) atoms. The molecule has 3 rings (SSSR count). The number of nitrogens with one attached hydrogen (secondary N) is 1. The average molecular weight is 288 g/mol. The molecule has 4 heteroatoms. The van der Waals surface area contributed by atoms with Crippen molar-refractivity contribution in [2.45, 2.75) is 44.9 Å². The summed E-state index contributed by atoms with van der Waals surface area (Å²) in [5.74, 6) is 0.198. The lowest BCUT2D eigenvalue weighted by molar-refractivity contribution is -0.147. The van der Waals surface area contributed by atoms with Crippen LogP contribution in [0, 0.1) is 0 Å². The molecule has 0 aromatic heterocycles. The van der Waals surface area contributed by atoms with Crippen LogP contribution < -0.4 is 5.32 Å². The SMILES string of the molecule is CCC1COC(C)CN1C(=O)C1NCCc2ccccc21. The normalized spacial score (nSPS) is 29.0. The summed E-state index contributed by atoms with van der Waals surface area (Å²) in [5, 5.41) is 3.40. The molecule has 0 spiro atoms. The highest BCUT2D eigenvalue weighted by Gasteiger charge is 2.35. The Morgan fingerprint density at radius 3 is 3.05 bits per heavy atom. The summed E-state index contributed by atoms with van der Waals surface area (Å²) in [4.78, 5) is 15.1. The minimum absolute atomic E-state index is 0.121. The molecule has 0 radical (unpaired) electrons. The molecule has 4 nitrogen and oxygen atoms in total. The summed E-state index contributed by atoms with van der Waals surface area (Å²) in [7, 11) is 0. The van der Waals surface area contributed by atoms with Gasteiger partial charge < -0.3 is 15.0 Å². The van der Waals surface area contributed by atoms with E-state index in [9.17, 15) is 4.79 Å². The van der Waals surface area contributed by atoms with Crippen LogP contribution in [0.2, 0.25) is 0 Å². The number of hydrogen-bond acceptors (Lipinski definition) is 3. The van der Waals surface area contributed by atoms with Gasteiger partial charge >= 0.3 is 0 Å². The Bertz CT molecular complexity index is 517. The zero-order valence-corrected chi connectivity index (χ0v) is 12.8. The van der Waals surface area contributed by atoms with Crippen molar-refractivity contribution in [1.29, 1.82) is 0 Å². The number of carbonyl (C=O) groups is 1. The number of hydrogen-bond donors (Lipinski definition) is 1. The first-order valence-corrected chi connectivity index (χ1v) is 7.94. The summed E-state index contributed by atoms with van der Waals surface area (Å²) in [5.41, 5.74) is 2.44. The van der Waals surface area contributed by atoms with Crippen molar-refractivity contribution in [3.05, 3.63) is 35.4 Å². The lowest BCUT2D eigenvalue weighted by Crippen LogP contribution is -2.55. The average Bonchev–Trinajstić information content (AvgIpc) is 2.53. The van der Waals surface area contributed by atoms with Crippen LogP contribution in [0.5, 0.6) is 0 Å². The number of carbonyl (C=O) groups excluding carboxylic acids is 1. The first-order valence-electron chi connectivity index (χ1n) is 7.94. The van der Waals surface area contributed by atoms with Gasteiger partial charge in [0.15, 0.2) is 0 Å². The molecule has 1 N–H and O–H groups in total. The highest BCUT2D eigenvalue weighted by Crippen LogP contribution is 2.27. The van der Waals surface area contributed by atoms with Crippen LogP contribution in [0.25, 0.3) is 0 Å². The lowest BCUT2D eigenvalue weighted by atomic mass is 9.93. The number of benzene rings is 1. The Kier molecular flexibility index (Phi) is 4.27. The van der Waals surface area contributed by atoms with Crippen molar-refractivity contribution in [1.82, 2.24) is 10.2 Å². The van der Waals surface area contributed by atoms with Crippen LogP contribution in [0.4, 0.5) is 0 Å². The smallest absolute Gasteiger partial charge is 0.244 e. The molecule has 0 saturated carbocycles. The first-order chi connectivity index (χ1) is 10.2. The van der Waals surface area contributed by atoms with Crippen LogP contribution in [0.3, 0.4) is 0 Å². The van der Waals surface area contributed by atoms with Crippen molar-refractivity contribution in [3.8, 4) is 0 Å². The maximum Gasteiger partial charge on any atom is 0.244 e.